The zero-order valence-corrected chi connectivity index (χ0v) is 14.6. The van der Waals surface area contributed by atoms with Crippen LogP contribution in [0, 0.1) is 17.8 Å². The van der Waals surface area contributed by atoms with Crippen molar-refractivity contribution in [3.63, 3.8) is 0 Å². The first-order valence-corrected chi connectivity index (χ1v) is 8.59. The van der Waals surface area contributed by atoms with E-state index in [-0.39, 0.29) is 12.4 Å². The van der Waals surface area contributed by atoms with Gasteiger partial charge in [-0.3, -0.25) is 0 Å². The minimum absolute atomic E-state index is 0. The summed E-state index contributed by atoms with van der Waals surface area (Å²) in [6.07, 6.45) is 3.39. The van der Waals surface area contributed by atoms with E-state index in [0.717, 1.165) is 15.0 Å². The maximum atomic E-state index is 6.11. The lowest BCUT2D eigenvalue weighted by atomic mass is 10.1. The van der Waals surface area contributed by atoms with Crippen LogP contribution in [0.3, 0.4) is 0 Å². The Morgan fingerprint density at radius 2 is 1.11 bits per heavy atom. The van der Waals surface area contributed by atoms with Crippen molar-refractivity contribution in [1.29, 1.82) is 0 Å². The summed E-state index contributed by atoms with van der Waals surface area (Å²) in [4.78, 5) is 0. The van der Waals surface area contributed by atoms with E-state index >= 15 is 0 Å². The maximum absolute atomic E-state index is 6.11. The van der Waals surface area contributed by atoms with Crippen LogP contribution in [0.5, 0.6) is 0 Å². The predicted molar refractivity (Wildman–Crippen MR) is 85.2 cm³/mol. The lowest BCUT2D eigenvalue weighted by molar-refractivity contribution is -0.187. The van der Waals surface area contributed by atoms with Gasteiger partial charge in [0.25, 0.3) is 0 Å². The third-order valence-electron chi connectivity index (χ3n) is 3.04. The Labute approximate surface area is 121 Å². The molecule has 0 aromatic heterocycles. The molecule has 0 saturated carbocycles. The molecule has 1 saturated heterocycles. The molecule has 3 N–H and O–H groups in total. The highest BCUT2D eigenvalue weighted by Gasteiger charge is 2.30. The molecule has 0 amide bonds. The Hall–Kier alpha value is 0.310. The normalized spacial score (nSPS) is 29.2. The first kappa shape index (κ1) is 19.3. The highest BCUT2D eigenvalue weighted by Crippen LogP contribution is 2.41. The van der Waals surface area contributed by atoms with E-state index in [1.165, 1.54) is 12.8 Å². The van der Waals surface area contributed by atoms with E-state index < -0.39 is 0 Å². The summed E-state index contributed by atoms with van der Waals surface area (Å²) >= 11 is 0. The van der Waals surface area contributed by atoms with Gasteiger partial charge in [0, 0.05) is 6.42 Å². The van der Waals surface area contributed by atoms with E-state index in [4.69, 9.17) is 9.47 Å². The van der Waals surface area contributed by atoms with Gasteiger partial charge < -0.3 is 15.6 Å². The second kappa shape index (κ2) is 9.28. The molecule has 0 aliphatic carbocycles. The molecule has 0 spiro atoms. The van der Waals surface area contributed by atoms with Crippen LogP contribution in [0.25, 0.3) is 0 Å². The zero-order valence-electron chi connectivity index (χ0n) is 13.6. The van der Waals surface area contributed by atoms with Crippen LogP contribution in [-0.2, 0) is 9.47 Å². The van der Waals surface area contributed by atoms with Crippen molar-refractivity contribution in [3.8, 4) is 0 Å². The molecule has 2 unspecified atom stereocenters. The third kappa shape index (κ3) is 8.24. The van der Waals surface area contributed by atoms with Crippen molar-refractivity contribution in [3.05, 3.63) is 0 Å². The molecule has 3 nitrogen and oxygen atoms in total. The average Bonchev–Trinajstić information content (AvgIpc) is 2.12. The van der Waals surface area contributed by atoms with Crippen molar-refractivity contribution in [2.24, 2.45) is 17.8 Å². The zero-order chi connectivity index (χ0) is 13.7. The SMILES string of the molecule is CC(C)CC1OC(CC(C)C)PC(CC(C)C)O1.N. The van der Waals surface area contributed by atoms with E-state index in [1.54, 1.807) is 0 Å². The average molecular weight is 291 g/mol. The molecule has 1 heterocycles. The molecule has 19 heavy (non-hydrogen) atoms. The van der Waals surface area contributed by atoms with Gasteiger partial charge in [0.1, 0.15) is 0 Å². The van der Waals surface area contributed by atoms with Crippen LogP contribution in [0.1, 0.15) is 60.8 Å². The monoisotopic (exact) mass is 291 g/mol. The van der Waals surface area contributed by atoms with Gasteiger partial charge in [-0.15, -0.1) is 0 Å². The number of ether oxygens (including phenoxy) is 2. The second-order valence-electron chi connectivity index (χ2n) is 6.73. The van der Waals surface area contributed by atoms with Crippen LogP contribution in [0.4, 0.5) is 0 Å². The summed E-state index contributed by atoms with van der Waals surface area (Å²) in [5.41, 5.74) is 0. The number of hydrogen-bond acceptors (Lipinski definition) is 3. The van der Waals surface area contributed by atoms with E-state index in [9.17, 15) is 0 Å². The summed E-state index contributed by atoms with van der Waals surface area (Å²) < 4.78 is 12.2. The first-order valence-electron chi connectivity index (χ1n) is 7.43. The smallest absolute Gasteiger partial charge is 0.159 e. The molecule has 0 aromatic rings. The minimum Gasteiger partial charge on any atom is -0.345 e. The summed E-state index contributed by atoms with van der Waals surface area (Å²) in [5.74, 6) is 2.90. The highest BCUT2D eigenvalue weighted by molar-refractivity contribution is 7.39. The van der Waals surface area contributed by atoms with Gasteiger partial charge in [0.15, 0.2) is 6.29 Å². The van der Waals surface area contributed by atoms with Gasteiger partial charge >= 0.3 is 0 Å². The van der Waals surface area contributed by atoms with Crippen molar-refractivity contribution < 1.29 is 9.47 Å². The molecule has 2 atom stereocenters. The van der Waals surface area contributed by atoms with Crippen LogP contribution < -0.4 is 6.15 Å². The molecule has 1 fully saturated rings. The molecule has 4 heteroatoms. The molecule has 1 aliphatic rings. The molecule has 0 radical (unpaired) electrons. The first-order chi connectivity index (χ1) is 8.36. The molecule has 0 aromatic carbocycles. The Morgan fingerprint density at radius 3 is 1.42 bits per heavy atom. The van der Waals surface area contributed by atoms with Gasteiger partial charge in [-0.25, -0.2) is 0 Å². The van der Waals surface area contributed by atoms with Gasteiger partial charge in [-0.2, -0.15) is 0 Å². The molecular weight excluding hydrogens is 257 g/mol. The predicted octanol–water partition coefficient (Wildman–Crippen LogP) is 4.99. The van der Waals surface area contributed by atoms with Crippen molar-refractivity contribution in [2.45, 2.75) is 78.8 Å². The lowest BCUT2D eigenvalue weighted by Gasteiger charge is -2.38. The lowest BCUT2D eigenvalue weighted by Crippen LogP contribution is -2.34. The minimum atomic E-state index is 0. The fraction of sp³-hybridized carbons (Fsp3) is 1.00. The van der Waals surface area contributed by atoms with Crippen LogP contribution in [0.2, 0.25) is 0 Å². The Bertz CT molecular complexity index is 190. The molecule has 0 bridgehead atoms. The Kier molecular flexibility index (Phi) is 9.43. The molecule has 116 valence electrons. The van der Waals surface area contributed by atoms with E-state index in [1.807, 2.05) is 0 Å². The number of hydrogen-bond donors (Lipinski definition) is 1. The summed E-state index contributed by atoms with van der Waals surface area (Å²) in [6, 6.07) is 0. The van der Waals surface area contributed by atoms with Gasteiger partial charge in [0.05, 0.1) is 11.7 Å². The number of rotatable bonds is 6. The standard InChI is InChI=1S/C15H31O2P.H3N/c1-10(2)7-13-16-14(8-11(3)4)18-15(17-13)9-12(5)6;/h10-15,18H,7-9H2,1-6H3;1H3. The summed E-state index contributed by atoms with van der Waals surface area (Å²) in [5, 5.41) is 0. The largest absolute Gasteiger partial charge is 0.345 e. The molecule has 1 aliphatic heterocycles. The quantitative estimate of drug-likeness (QED) is 0.701. The third-order valence-corrected chi connectivity index (χ3v) is 4.53. The maximum Gasteiger partial charge on any atom is 0.159 e. The van der Waals surface area contributed by atoms with Crippen LogP contribution >= 0.6 is 8.58 Å². The van der Waals surface area contributed by atoms with Crippen molar-refractivity contribution >= 4 is 8.58 Å². The Balaban J connectivity index is 0.00000324. The fourth-order valence-corrected chi connectivity index (χ4v) is 4.37. The van der Waals surface area contributed by atoms with Crippen molar-refractivity contribution in [2.75, 3.05) is 0 Å². The summed E-state index contributed by atoms with van der Waals surface area (Å²) in [7, 11) is 0.808. The fourth-order valence-electron chi connectivity index (χ4n) is 2.28. The van der Waals surface area contributed by atoms with E-state index in [0.29, 0.717) is 29.4 Å². The molecular formula is C15H34NO2P. The van der Waals surface area contributed by atoms with Gasteiger partial charge in [-0.1, -0.05) is 50.1 Å². The van der Waals surface area contributed by atoms with E-state index in [2.05, 4.69) is 41.5 Å². The van der Waals surface area contributed by atoms with Crippen molar-refractivity contribution in [1.82, 2.24) is 6.15 Å². The topological polar surface area (TPSA) is 53.5 Å². The summed E-state index contributed by atoms with van der Waals surface area (Å²) in [6.45, 7) is 13.6. The second-order valence-corrected chi connectivity index (χ2v) is 8.36. The van der Waals surface area contributed by atoms with Crippen LogP contribution in [-0.4, -0.2) is 18.0 Å². The van der Waals surface area contributed by atoms with Gasteiger partial charge in [-0.05, 0) is 30.6 Å². The van der Waals surface area contributed by atoms with Crippen LogP contribution in [0.15, 0.2) is 0 Å². The highest BCUT2D eigenvalue weighted by atomic mass is 31.1. The molecule has 1 rings (SSSR count). The Morgan fingerprint density at radius 1 is 0.737 bits per heavy atom. The van der Waals surface area contributed by atoms with Gasteiger partial charge in [0.2, 0.25) is 0 Å².